The second-order valence-electron chi connectivity index (χ2n) is 4.81. The highest BCUT2D eigenvalue weighted by Gasteiger charge is 2.17. The van der Waals surface area contributed by atoms with E-state index in [1.165, 1.54) is 6.07 Å². The van der Waals surface area contributed by atoms with E-state index in [2.05, 4.69) is 37.2 Å². The molecule has 0 saturated heterocycles. The second-order valence-corrected chi connectivity index (χ2v) is 6.58. The van der Waals surface area contributed by atoms with Crippen LogP contribution in [-0.4, -0.2) is 4.92 Å². The zero-order valence-electron chi connectivity index (χ0n) is 11.6. The molecule has 0 aromatic heterocycles. The number of hydrogen-bond donors (Lipinski definition) is 1. The van der Waals surface area contributed by atoms with Gasteiger partial charge in [-0.2, -0.15) is 0 Å². The van der Waals surface area contributed by atoms with Gasteiger partial charge >= 0.3 is 0 Å². The molecule has 1 N–H and O–H groups in total. The van der Waals surface area contributed by atoms with Crippen molar-refractivity contribution in [3.63, 3.8) is 0 Å². The number of rotatable bonds is 4. The van der Waals surface area contributed by atoms with Crippen molar-refractivity contribution in [2.75, 3.05) is 5.32 Å². The van der Waals surface area contributed by atoms with Crippen LogP contribution in [0.15, 0.2) is 45.3 Å². The normalized spacial score (nSPS) is 12.0. The molecule has 0 saturated carbocycles. The largest absolute Gasteiger partial charge is 0.373 e. The van der Waals surface area contributed by atoms with Crippen molar-refractivity contribution in [2.24, 2.45) is 0 Å². The van der Waals surface area contributed by atoms with Gasteiger partial charge in [-0.25, -0.2) is 0 Å². The maximum Gasteiger partial charge on any atom is 0.292 e. The molecule has 1 unspecified atom stereocenters. The molecule has 0 aliphatic heterocycles. The summed E-state index contributed by atoms with van der Waals surface area (Å²) in [5, 5.41) is 14.3. The Morgan fingerprint density at radius 1 is 1.19 bits per heavy atom. The highest BCUT2D eigenvalue weighted by molar-refractivity contribution is 9.11. The minimum Gasteiger partial charge on any atom is -0.373 e. The molecule has 0 bridgehead atoms. The Balaban J connectivity index is 2.33. The van der Waals surface area contributed by atoms with E-state index in [9.17, 15) is 10.1 Å². The lowest BCUT2D eigenvalue weighted by Gasteiger charge is -2.17. The first kappa shape index (κ1) is 16.0. The summed E-state index contributed by atoms with van der Waals surface area (Å²) < 4.78 is 1.93. The number of halogens is 2. The van der Waals surface area contributed by atoms with E-state index < -0.39 is 0 Å². The maximum absolute atomic E-state index is 11.1. The topological polar surface area (TPSA) is 55.2 Å². The Bertz CT molecular complexity index is 689. The molecule has 21 heavy (non-hydrogen) atoms. The van der Waals surface area contributed by atoms with Crippen LogP contribution in [0.1, 0.15) is 24.1 Å². The van der Waals surface area contributed by atoms with E-state index in [1.807, 2.05) is 32.0 Å². The van der Waals surface area contributed by atoms with E-state index in [1.54, 1.807) is 12.1 Å². The predicted octanol–water partition coefficient (Wildman–Crippen LogP) is 5.60. The van der Waals surface area contributed by atoms with Gasteiger partial charge in [-0.05, 0) is 43.2 Å². The molecule has 4 nitrogen and oxygen atoms in total. The SMILES string of the molecule is Cc1ccc([N+](=O)[O-])c(NC(C)c2ccc(Br)cc2Br)c1. The van der Waals surface area contributed by atoms with Crippen molar-refractivity contribution in [3.8, 4) is 0 Å². The molecular weight excluding hydrogens is 400 g/mol. The van der Waals surface area contributed by atoms with Crippen LogP contribution < -0.4 is 5.32 Å². The monoisotopic (exact) mass is 412 g/mol. The van der Waals surface area contributed by atoms with Crippen molar-refractivity contribution in [1.82, 2.24) is 0 Å². The molecule has 2 aromatic carbocycles. The van der Waals surface area contributed by atoms with Gasteiger partial charge in [-0.3, -0.25) is 10.1 Å². The molecule has 0 aliphatic carbocycles. The van der Waals surface area contributed by atoms with Crippen LogP contribution >= 0.6 is 31.9 Å². The standard InChI is InChI=1S/C15H14Br2N2O2/c1-9-3-6-15(19(20)21)14(7-9)18-10(2)12-5-4-11(16)8-13(12)17/h3-8,10,18H,1-2H3. The summed E-state index contributed by atoms with van der Waals surface area (Å²) >= 11 is 6.93. The summed E-state index contributed by atoms with van der Waals surface area (Å²) in [6.07, 6.45) is 0. The number of aryl methyl sites for hydroxylation is 1. The average molecular weight is 414 g/mol. The van der Waals surface area contributed by atoms with Gasteiger partial charge in [0.1, 0.15) is 5.69 Å². The van der Waals surface area contributed by atoms with Crippen molar-refractivity contribution in [1.29, 1.82) is 0 Å². The minimum atomic E-state index is -0.370. The molecule has 0 aliphatic rings. The fourth-order valence-corrected chi connectivity index (χ4v) is 3.48. The van der Waals surface area contributed by atoms with Crippen molar-refractivity contribution >= 4 is 43.2 Å². The lowest BCUT2D eigenvalue weighted by molar-refractivity contribution is -0.384. The fourth-order valence-electron chi connectivity index (χ4n) is 2.09. The van der Waals surface area contributed by atoms with E-state index in [-0.39, 0.29) is 16.7 Å². The summed E-state index contributed by atoms with van der Waals surface area (Å²) in [6.45, 7) is 3.88. The molecule has 0 spiro atoms. The molecular formula is C15H14Br2N2O2. The highest BCUT2D eigenvalue weighted by atomic mass is 79.9. The van der Waals surface area contributed by atoms with E-state index in [0.717, 1.165) is 20.1 Å². The first-order valence-corrected chi connectivity index (χ1v) is 7.93. The molecule has 2 rings (SSSR count). The van der Waals surface area contributed by atoms with Gasteiger partial charge in [-0.1, -0.05) is 44.0 Å². The van der Waals surface area contributed by atoms with Gasteiger partial charge in [0.2, 0.25) is 0 Å². The van der Waals surface area contributed by atoms with Gasteiger partial charge in [0.15, 0.2) is 0 Å². The molecule has 0 amide bonds. The van der Waals surface area contributed by atoms with Gasteiger partial charge < -0.3 is 5.32 Å². The van der Waals surface area contributed by atoms with Crippen molar-refractivity contribution < 1.29 is 4.92 Å². The van der Waals surface area contributed by atoms with Gasteiger partial charge in [0, 0.05) is 21.1 Å². The lowest BCUT2D eigenvalue weighted by Crippen LogP contribution is -2.09. The predicted molar refractivity (Wildman–Crippen MR) is 91.7 cm³/mol. The molecule has 6 heteroatoms. The van der Waals surface area contributed by atoms with Crippen LogP contribution in [-0.2, 0) is 0 Å². The third kappa shape index (κ3) is 3.83. The molecule has 2 aromatic rings. The average Bonchev–Trinajstić information content (AvgIpc) is 2.37. The Morgan fingerprint density at radius 2 is 1.90 bits per heavy atom. The molecule has 0 radical (unpaired) electrons. The van der Waals surface area contributed by atoms with Gasteiger partial charge in [0.25, 0.3) is 5.69 Å². The smallest absolute Gasteiger partial charge is 0.292 e. The summed E-state index contributed by atoms with van der Waals surface area (Å²) in [4.78, 5) is 10.7. The molecule has 1 atom stereocenters. The lowest BCUT2D eigenvalue weighted by atomic mass is 10.1. The zero-order valence-corrected chi connectivity index (χ0v) is 14.7. The maximum atomic E-state index is 11.1. The molecule has 110 valence electrons. The van der Waals surface area contributed by atoms with E-state index in [0.29, 0.717) is 5.69 Å². The number of benzene rings is 2. The third-order valence-corrected chi connectivity index (χ3v) is 4.33. The fraction of sp³-hybridized carbons (Fsp3) is 0.200. The van der Waals surface area contributed by atoms with Gasteiger partial charge in [0.05, 0.1) is 4.92 Å². The number of nitro groups is 1. The first-order valence-electron chi connectivity index (χ1n) is 6.35. The highest BCUT2D eigenvalue weighted by Crippen LogP contribution is 2.32. The number of anilines is 1. The van der Waals surface area contributed by atoms with Gasteiger partial charge in [-0.15, -0.1) is 0 Å². The Labute approximate surface area is 140 Å². The van der Waals surface area contributed by atoms with E-state index >= 15 is 0 Å². The number of nitro benzene ring substituents is 1. The zero-order chi connectivity index (χ0) is 15.6. The van der Waals surface area contributed by atoms with Crippen LogP contribution in [0.2, 0.25) is 0 Å². The summed E-state index contributed by atoms with van der Waals surface area (Å²) in [7, 11) is 0. The van der Waals surface area contributed by atoms with Crippen LogP contribution in [0, 0.1) is 17.0 Å². The first-order chi connectivity index (χ1) is 9.88. The number of nitrogens with one attached hydrogen (secondary N) is 1. The number of hydrogen-bond acceptors (Lipinski definition) is 3. The summed E-state index contributed by atoms with van der Waals surface area (Å²) in [6, 6.07) is 10.9. The quantitative estimate of drug-likeness (QED) is 0.524. The molecule has 0 fully saturated rings. The molecule has 0 heterocycles. The van der Waals surface area contributed by atoms with Crippen LogP contribution in [0.3, 0.4) is 0 Å². The summed E-state index contributed by atoms with van der Waals surface area (Å²) in [5.74, 6) is 0. The van der Waals surface area contributed by atoms with Crippen LogP contribution in [0.5, 0.6) is 0 Å². The van der Waals surface area contributed by atoms with Crippen LogP contribution in [0.25, 0.3) is 0 Å². The van der Waals surface area contributed by atoms with E-state index in [4.69, 9.17) is 0 Å². The second kappa shape index (κ2) is 6.58. The van der Waals surface area contributed by atoms with Crippen molar-refractivity contribution in [3.05, 3.63) is 66.6 Å². The Hall–Kier alpha value is -1.40. The third-order valence-electron chi connectivity index (χ3n) is 3.15. The minimum absolute atomic E-state index is 0.0621. The number of nitrogens with zero attached hydrogens (tertiary/aromatic N) is 1. The Kier molecular flexibility index (Phi) is 5.00. The van der Waals surface area contributed by atoms with Crippen molar-refractivity contribution in [2.45, 2.75) is 19.9 Å². The Morgan fingerprint density at radius 3 is 2.52 bits per heavy atom. The summed E-state index contributed by atoms with van der Waals surface area (Å²) in [5.41, 5.74) is 2.63. The van der Waals surface area contributed by atoms with Crippen LogP contribution in [0.4, 0.5) is 11.4 Å².